The number of hydrogen-bond donors (Lipinski definition) is 0. The molecule has 2 aliphatic carbocycles. The molecule has 0 bridgehead atoms. The van der Waals surface area contributed by atoms with Gasteiger partial charge >= 0.3 is 0 Å². The van der Waals surface area contributed by atoms with E-state index in [-0.39, 0.29) is 0 Å². The highest BCUT2D eigenvalue weighted by atomic mass is 16.2. The van der Waals surface area contributed by atoms with E-state index in [0.29, 0.717) is 16.7 Å². The molecule has 0 aromatic rings. The summed E-state index contributed by atoms with van der Waals surface area (Å²) in [6.07, 6.45) is 4.63. The molecule has 3 fully saturated rings. The van der Waals surface area contributed by atoms with Crippen molar-refractivity contribution in [1.29, 1.82) is 0 Å². The fourth-order valence-electron chi connectivity index (χ4n) is 3.77. The third-order valence-electron chi connectivity index (χ3n) is 5.61. The first-order valence-electron chi connectivity index (χ1n) is 6.70. The summed E-state index contributed by atoms with van der Waals surface area (Å²) in [6, 6.07) is 0. The van der Waals surface area contributed by atoms with E-state index in [1.165, 1.54) is 19.3 Å². The van der Waals surface area contributed by atoms with E-state index >= 15 is 0 Å². The van der Waals surface area contributed by atoms with Gasteiger partial charge in [-0.2, -0.15) is 0 Å². The highest BCUT2D eigenvalue weighted by molar-refractivity contribution is 5.77. The molecule has 1 amide bonds. The molecule has 90 valence electrons. The van der Waals surface area contributed by atoms with Crippen LogP contribution in [0.15, 0.2) is 0 Å². The summed E-state index contributed by atoms with van der Waals surface area (Å²) < 4.78 is 0. The Labute approximate surface area is 98.4 Å². The molecule has 3 aliphatic rings. The lowest BCUT2D eigenvalue weighted by Crippen LogP contribution is -2.38. The number of likely N-dealkylation sites (tertiary alicyclic amines) is 1. The van der Waals surface area contributed by atoms with Crippen LogP contribution in [0.3, 0.4) is 0 Å². The summed E-state index contributed by atoms with van der Waals surface area (Å²) in [7, 11) is 0. The molecule has 2 heteroatoms. The Morgan fingerprint density at radius 1 is 1.19 bits per heavy atom. The molecule has 0 spiro atoms. The van der Waals surface area contributed by atoms with E-state index in [9.17, 15) is 4.79 Å². The molecule has 2 unspecified atom stereocenters. The first-order chi connectivity index (χ1) is 7.42. The zero-order valence-corrected chi connectivity index (χ0v) is 10.8. The molecule has 2 nitrogen and oxygen atoms in total. The minimum Gasteiger partial charge on any atom is -0.342 e. The summed E-state index contributed by atoms with van der Waals surface area (Å²) in [6.45, 7) is 9.03. The molecular weight excluding hydrogens is 198 g/mol. The number of carbonyl (C=O) groups excluding carboxylic acids is 1. The summed E-state index contributed by atoms with van der Waals surface area (Å²) in [5.41, 5.74) is 0.872. The van der Waals surface area contributed by atoms with Gasteiger partial charge in [0, 0.05) is 19.5 Å². The Morgan fingerprint density at radius 3 is 2.19 bits per heavy atom. The van der Waals surface area contributed by atoms with Crippen LogP contribution in [0.4, 0.5) is 0 Å². The fourth-order valence-corrected chi connectivity index (χ4v) is 3.77. The minimum absolute atomic E-state index is 0.347. The molecule has 16 heavy (non-hydrogen) atoms. The maximum atomic E-state index is 12.2. The van der Waals surface area contributed by atoms with Crippen molar-refractivity contribution in [2.75, 3.05) is 13.1 Å². The lowest BCUT2D eigenvalue weighted by atomic mass is 9.68. The number of piperidine rings is 1. The van der Waals surface area contributed by atoms with Crippen LogP contribution in [0, 0.1) is 22.7 Å². The first-order valence-corrected chi connectivity index (χ1v) is 6.70. The molecule has 1 saturated heterocycles. The van der Waals surface area contributed by atoms with Gasteiger partial charge in [-0.15, -0.1) is 0 Å². The number of fused-ring (bicyclic) bond motifs is 1. The van der Waals surface area contributed by atoms with E-state index in [4.69, 9.17) is 0 Å². The van der Waals surface area contributed by atoms with Crippen LogP contribution in [0.1, 0.15) is 46.5 Å². The van der Waals surface area contributed by atoms with Crippen LogP contribution >= 0.6 is 0 Å². The molecule has 0 aromatic carbocycles. The van der Waals surface area contributed by atoms with Gasteiger partial charge in [-0.05, 0) is 35.5 Å². The monoisotopic (exact) mass is 221 g/mol. The van der Waals surface area contributed by atoms with Crippen LogP contribution in [0.5, 0.6) is 0 Å². The third kappa shape index (κ3) is 1.42. The summed E-state index contributed by atoms with van der Waals surface area (Å²) in [5.74, 6) is 2.02. The van der Waals surface area contributed by atoms with E-state index in [2.05, 4.69) is 25.7 Å². The van der Waals surface area contributed by atoms with Gasteiger partial charge in [0.1, 0.15) is 0 Å². The van der Waals surface area contributed by atoms with E-state index in [1.807, 2.05) is 0 Å². The van der Waals surface area contributed by atoms with Crippen molar-refractivity contribution >= 4 is 5.91 Å². The number of amides is 1. The van der Waals surface area contributed by atoms with Gasteiger partial charge in [-0.3, -0.25) is 4.79 Å². The quantitative estimate of drug-likeness (QED) is 0.702. The highest BCUT2D eigenvalue weighted by Gasteiger charge is 2.62. The second-order valence-electron chi connectivity index (χ2n) is 7.17. The van der Waals surface area contributed by atoms with Crippen molar-refractivity contribution in [3.63, 3.8) is 0 Å². The van der Waals surface area contributed by atoms with Gasteiger partial charge in [0.05, 0.1) is 0 Å². The molecule has 2 atom stereocenters. The Morgan fingerprint density at radius 2 is 1.75 bits per heavy atom. The molecule has 3 rings (SSSR count). The van der Waals surface area contributed by atoms with Gasteiger partial charge in [0.25, 0.3) is 0 Å². The van der Waals surface area contributed by atoms with Crippen molar-refractivity contribution in [3.8, 4) is 0 Å². The Balaban J connectivity index is 1.54. The predicted molar refractivity (Wildman–Crippen MR) is 63.9 cm³/mol. The average molecular weight is 221 g/mol. The maximum Gasteiger partial charge on any atom is 0.223 e. The van der Waals surface area contributed by atoms with E-state index in [1.54, 1.807) is 0 Å². The maximum absolute atomic E-state index is 12.2. The zero-order valence-electron chi connectivity index (χ0n) is 10.8. The van der Waals surface area contributed by atoms with Crippen molar-refractivity contribution < 1.29 is 4.79 Å². The Bertz CT molecular complexity index is 316. The predicted octanol–water partition coefficient (Wildman–Crippen LogP) is 2.68. The minimum atomic E-state index is 0.347. The molecule has 1 heterocycles. The number of rotatable bonds is 2. The average Bonchev–Trinajstić information content (AvgIpc) is 2.60. The van der Waals surface area contributed by atoms with Crippen LogP contribution in [0.2, 0.25) is 0 Å². The van der Waals surface area contributed by atoms with Crippen molar-refractivity contribution in [2.24, 2.45) is 22.7 Å². The SMILES string of the molecule is CC1(CC(=O)N2CC3C(C2)C3(C)C)CCC1. The number of carbonyl (C=O) groups is 1. The van der Waals surface area contributed by atoms with Crippen molar-refractivity contribution in [3.05, 3.63) is 0 Å². The lowest BCUT2D eigenvalue weighted by Gasteiger charge is -2.39. The largest absolute Gasteiger partial charge is 0.342 e. The molecule has 0 radical (unpaired) electrons. The van der Waals surface area contributed by atoms with Crippen molar-refractivity contribution in [2.45, 2.75) is 46.5 Å². The van der Waals surface area contributed by atoms with Crippen LogP contribution < -0.4 is 0 Å². The van der Waals surface area contributed by atoms with Crippen molar-refractivity contribution in [1.82, 2.24) is 4.90 Å². The second-order valence-corrected chi connectivity index (χ2v) is 7.17. The standard InChI is InChI=1S/C14H23NO/c1-13(2)10-8-15(9-11(10)13)12(16)7-14(3)5-4-6-14/h10-11H,4-9H2,1-3H3. The number of hydrogen-bond acceptors (Lipinski definition) is 1. The highest BCUT2D eigenvalue weighted by Crippen LogP contribution is 2.62. The van der Waals surface area contributed by atoms with Gasteiger partial charge < -0.3 is 4.90 Å². The Kier molecular flexibility index (Phi) is 2.01. The van der Waals surface area contributed by atoms with E-state index < -0.39 is 0 Å². The fraction of sp³-hybridized carbons (Fsp3) is 0.929. The summed E-state index contributed by atoms with van der Waals surface area (Å²) in [4.78, 5) is 14.3. The molecule has 0 N–H and O–H groups in total. The number of nitrogens with zero attached hydrogens (tertiary/aromatic N) is 1. The normalized spacial score (nSPS) is 37.8. The topological polar surface area (TPSA) is 20.3 Å². The summed E-state index contributed by atoms with van der Waals surface area (Å²) in [5, 5.41) is 0. The first kappa shape index (κ1) is 10.6. The van der Waals surface area contributed by atoms with Gasteiger partial charge in [0.2, 0.25) is 5.91 Å². The van der Waals surface area contributed by atoms with Gasteiger partial charge in [-0.1, -0.05) is 27.2 Å². The zero-order chi connectivity index (χ0) is 11.6. The summed E-state index contributed by atoms with van der Waals surface area (Å²) >= 11 is 0. The Hall–Kier alpha value is -0.530. The third-order valence-corrected chi connectivity index (χ3v) is 5.61. The second kappa shape index (κ2) is 3.02. The van der Waals surface area contributed by atoms with Gasteiger partial charge in [-0.25, -0.2) is 0 Å². The smallest absolute Gasteiger partial charge is 0.223 e. The molecule has 2 saturated carbocycles. The molecule has 0 aromatic heterocycles. The van der Waals surface area contributed by atoms with Crippen LogP contribution in [0.25, 0.3) is 0 Å². The molecular formula is C14H23NO. The molecule has 1 aliphatic heterocycles. The van der Waals surface area contributed by atoms with Crippen LogP contribution in [-0.4, -0.2) is 23.9 Å². The lowest BCUT2D eigenvalue weighted by molar-refractivity contribution is -0.134. The van der Waals surface area contributed by atoms with Crippen LogP contribution in [-0.2, 0) is 4.79 Å². The van der Waals surface area contributed by atoms with Gasteiger partial charge in [0.15, 0.2) is 0 Å². The van der Waals surface area contributed by atoms with E-state index in [0.717, 1.165) is 31.3 Å².